The Kier molecular flexibility index (Phi) is 4.86. The summed E-state index contributed by atoms with van der Waals surface area (Å²) in [7, 11) is 1.66. The molecule has 0 aromatic heterocycles. The molecule has 0 bridgehead atoms. The zero-order valence-corrected chi connectivity index (χ0v) is 12.9. The molecular weight excluding hydrogens is 262 g/mol. The maximum atomic E-state index is 6.54. The Morgan fingerprint density at radius 1 is 1.00 bits per heavy atom. The Labute approximate surface area is 126 Å². The van der Waals surface area contributed by atoms with Crippen molar-refractivity contribution < 1.29 is 9.47 Å². The van der Waals surface area contributed by atoms with Crippen molar-refractivity contribution in [3.63, 3.8) is 0 Å². The van der Waals surface area contributed by atoms with Gasteiger partial charge in [-0.2, -0.15) is 0 Å². The van der Waals surface area contributed by atoms with Gasteiger partial charge in [-0.25, -0.2) is 0 Å². The summed E-state index contributed by atoms with van der Waals surface area (Å²) in [5.41, 5.74) is 8.02. The van der Waals surface area contributed by atoms with E-state index in [-0.39, 0.29) is 0 Å². The second kappa shape index (κ2) is 6.64. The maximum Gasteiger partial charge on any atom is 0.119 e. The molecule has 2 N–H and O–H groups in total. The van der Waals surface area contributed by atoms with Crippen LogP contribution in [0.1, 0.15) is 31.4 Å². The first-order chi connectivity index (χ1) is 10.1. The third kappa shape index (κ3) is 3.56. The Bertz CT molecular complexity index is 576. The van der Waals surface area contributed by atoms with Crippen LogP contribution in [0.2, 0.25) is 0 Å². The van der Waals surface area contributed by atoms with Crippen LogP contribution in [0.25, 0.3) is 0 Å². The minimum absolute atomic E-state index is 0.572. The minimum Gasteiger partial charge on any atom is -0.497 e. The fourth-order valence-electron chi connectivity index (χ4n) is 2.23. The fraction of sp³-hybridized carbons (Fsp3) is 0.333. The van der Waals surface area contributed by atoms with Gasteiger partial charge in [0.1, 0.15) is 11.5 Å². The molecule has 2 aromatic rings. The molecule has 2 rings (SSSR count). The van der Waals surface area contributed by atoms with Crippen LogP contribution in [-0.4, -0.2) is 13.7 Å². The summed E-state index contributed by atoms with van der Waals surface area (Å²) in [6, 6.07) is 15.8. The highest BCUT2D eigenvalue weighted by Crippen LogP contribution is 2.30. The van der Waals surface area contributed by atoms with E-state index >= 15 is 0 Å². The highest BCUT2D eigenvalue weighted by Gasteiger charge is 2.24. The molecule has 1 atom stereocenters. The Morgan fingerprint density at radius 2 is 1.71 bits per heavy atom. The van der Waals surface area contributed by atoms with Crippen molar-refractivity contribution in [2.24, 2.45) is 5.73 Å². The third-order valence-corrected chi connectivity index (χ3v) is 3.60. The number of hydrogen-bond donors (Lipinski definition) is 1. The van der Waals surface area contributed by atoms with E-state index in [1.807, 2.05) is 55.5 Å². The first-order valence-electron chi connectivity index (χ1n) is 7.24. The lowest BCUT2D eigenvalue weighted by atomic mass is 9.85. The van der Waals surface area contributed by atoms with Crippen molar-refractivity contribution in [2.75, 3.05) is 13.7 Å². The summed E-state index contributed by atoms with van der Waals surface area (Å²) in [4.78, 5) is 0. The van der Waals surface area contributed by atoms with Crippen molar-refractivity contribution in [2.45, 2.75) is 25.8 Å². The molecule has 0 aliphatic carbocycles. The van der Waals surface area contributed by atoms with E-state index in [9.17, 15) is 0 Å². The zero-order chi connectivity index (χ0) is 15.3. The normalized spacial score (nSPS) is 13.5. The predicted octanol–water partition coefficient (Wildman–Crippen LogP) is 3.71. The molecule has 0 saturated carbocycles. The van der Waals surface area contributed by atoms with Crippen molar-refractivity contribution in [1.82, 2.24) is 0 Å². The molecule has 0 spiro atoms. The molecule has 2 aromatic carbocycles. The summed E-state index contributed by atoms with van der Waals surface area (Å²) in [6.45, 7) is 4.83. The van der Waals surface area contributed by atoms with Gasteiger partial charge in [0.25, 0.3) is 0 Å². The van der Waals surface area contributed by atoms with Gasteiger partial charge in [-0.3, -0.25) is 0 Å². The summed E-state index contributed by atoms with van der Waals surface area (Å²) in [6.07, 6.45) is 1.00. The molecule has 0 saturated heterocycles. The maximum absolute atomic E-state index is 6.54. The monoisotopic (exact) mass is 285 g/mol. The first kappa shape index (κ1) is 15.4. The fourth-order valence-corrected chi connectivity index (χ4v) is 2.23. The molecule has 0 fully saturated rings. The third-order valence-electron chi connectivity index (χ3n) is 3.60. The highest BCUT2D eigenvalue weighted by atomic mass is 16.5. The van der Waals surface area contributed by atoms with E-state index in [2.05, 4.69) is 6.92 Å². The van der Waals surface area contributed by atoms with Crippen LogP contribution in [0.15, 0.2) is 48.5 Å². The van der Waals surface area contributed by atoms with Crippen LogP contribution in [0.5, 0.6) is 11.5 Å². The van der Waals surface area contributed by atoms with Gasteiger partial charge in [-0.15, -0.1) is 0 Å². The van der Waals surface area contributed by atoms with E-state index in [0.717, 1.165) is 35.7 Å². The largest absolute Gasteiger partial charge is 0.497 e. The average Bonchev–Trinajstić information content (AvgIpc) is 2.53. The van der Waals surface area contributed by atoms with E-state index in [1.165, 1.54) is 0 Å². The molecule has 0 aliphatic rings. The second-order valence-corrected chi connectivity index (χ2v) is 5.31. The summed E-state index contributed by atoms with van der Waals surface area (Å²) in [5.74, 6) is 1.69. The van der Waals surface area contributed by atoms with Gasteiger partial charge in [0.15, 0.2) is 0 Å². The predicted molar refractivity (Wildman–Crippen MR) is 85.9 cm³/mol. The van der Waals surface area contributed by atoms with Crippen molar-refractivity contribution in [3.8, 4) is 11.5 Å². The summed E-state index contributed by atoms with van der Waals surface area (Å²) < 4.78 is 10.9. The van der Waals surface area contributed by atoms with Gasteiger partial charge in [0.05, 0.1) is 19.3 Å². The Hall–Kier alpha value is -2.00. The van der Waals surface area contributed by atoms with Crippen LogP contribution in [-0.2, 0) is 5.54 Å². The molecule has 3 nitrogen and oxygen atoms in total. The highest BCUT2D eigenvalue weighted by molar-refractivity contribution is 5.42. The van der Waals surface area contributed by atoms with E-state index < -0.39 is 5.54 Å². The van der Waals surface area contributed by atoms with Gasteiger partial charge in [0.2, 0.25) is 0 Å². The van der Waals surface area contributed by atoms with Crippen LogP contribution in [0, 0.1) is 0 Å². The standard InChI is InChI=1S/C18H23NO2/c1-4-12-21-16-10-8-14(9-11-16)18(2,19)15-6-5-7-17(13-15)20-3/h5-11,13H,4,12,19H2,1-3H3. The SMILES string of the molecule is CCCOc1ccc(C(C)(N)c2cccc(OC)c2)cc1. The molecule has 0 radical (unpaired) electrons. The average molecular weight is 285 g/mol. The van der Waals surface area contributed by atoms with Crippen LogP contribution < -0.4 is 15.2 Å². The zero-order valence-electron chi connectivity index (χ0n) is 12.9. The molecule has 112 valence electrons. The van der Waals surface area contributed by atoms with Crippen LogP contribution in [0.3, 0.4) is 0 Å². The summed E-state index contributed by atoms with van der Waals surface area (Å²) in [5, 5.41) is 0. The van der Waals surface area contributed by atoms with Crippen molar-refractivity contribution >= 4 is 0 Å². The van der Waals surface area contributed by atoms with Gasteiger partial charge in [-0.05, 0) is 48.7 Å². The second-order valence-electron chi connectivity index (χ2n) is 5.31. The smallest absolute Gasteiger partial charge is 0.119 e. The van der Waals surface area contributed by atoms with Gasteiger partial charge >= 0.3 is 0 Å². The molecule has 0 amide bonds. The van der Waals surface area contributed by atoms with Crippen LogP contribution >= 0.6 is 0 Å². The van der Waals surface area contributed by atoms with E-state index in [0.29, 0.717) is 0 Å². The lowest BCUT2D eigenvalue weighted by Crippen LogP contribution is -2.34. The van der Waals surface area contributed by atoms with E-state index in [1.54, 1.807) is 7.11 Å². The lowest BCUT2D eigenvalue weighted by Gasteiger charge is -2.26. The van der Waals surface area contributed by atoms with Crippen molar-refractivity contribution in [3.05, 3.63) is 59.7 Å². The lowest BCUT2D eigenvalue weighted by molar-refractivity contribution is 0.317. The quantitative estimate of drug-likeness (QED) is 0.880. The number of rotatable bonds is 6. The van der Waals surface area contributed by atoms with Crippen LogP contribution in [0.4, 0.5) is 0 Å². The number of hydrogen-bond acceptors (Lipinski definition) is 3. The first-order valence-corrected chi connectivity index (χ1v) is 7.24. The number of benzene rings is 2. The molecular formula is C18H23NO2. The van der Waals surface area contributed by atoms with E-state index in [4.69, 9.17) is 15.2 Å². The minimum atomic E-state index is -0.572. The number of nitrogens with two attached hydrogens (primary N) is 1. The molecule has 21 heavy (non-hydrogen) atoms. The van der Waals surface area contributed by atoms with Gasteiger partial charge in [0, 0.05) is 0 Å². The van der Waals surface area contributed by atoms with Gasteiger partial charge in [-0.1, -0.05) is 31.2 Å². The Balaban J connectivity index is 2.25. The van der Waals surface area contributed by atoms with Crippen molar-refractivity contribution in [1.29, 1.82) is 0 Å². The molecule has 3 heteroatoms. The molecule has 1 unspecified atom stereocenters. The number of ether oxygens (including phenoxy) is 2. The number of methoxy groups -OCH3 is 1. The Morgan fingerprint density at radius 3 is 2.33 bits per heavy atom. The molecule has 0 heterocycles. The van der Waals surface area contributed by atoms with Gasteiger partial charge < -0.3 is 15.2 Å². The molecule has 0 aliphatic heterocycles. The summed E-state index contributed by atoms with van der Waals surface area (Å²) >= 11 is 0. The topological polar surface area (TPSA) is 44.5 Å².